The molecule has 6 nitrogen and oxygen atoms in total. The average molecular weight is 355 g/mol. The van der Waals surface area contributed by atoms with Crippen LogP contribution < -0.4 is 24.3 Å². The highest BCUT2D eigenvalue weighted by atomic mass is 16.5. The van der Waals surface area contributed by atoms with Crippen molar-refractivity contribution in [1.29, 1.82) is 0 Å². The number of carbonyl (C=O) groups is 1. The van der Waals surface area contributed by atoms with Gasteiger partial charge in [-0.15, -0.1) is 0 Å². The van der Waals surface area contributed by atoms with Gasteiger partial charge in [-0.3, -0.25) is 4.79 Å². The van der Waals surface area contributed by atoms with Crippen LogP contribution in [0.15, 0.2) is 36.4 Å². The summed E-state index contributed by atoms with van der Waals surface area (Å²) in [5, 5.41) is 2.74. The SMILES string of the molecule is COc1ccc(C#CCNC(=O)c2cc(OC)c(OC)c(OC)c2)cc1. The van der Waals surface area contributed by atoms with Crippen LogP contribution in [0.4, 0.5) is 0 Å². The van der Waals surface area contributed by atoms with E-state index < -0.39 is 0 Å². The molecule has 0 bridgehead atoms. The summed E-state index contributed by atoms with van der Waals surface area (Å²) in [6, 6.07) is 10.6. The Labute approximate surface area is 153 Å². The molecule has 0 fully saturated rings. The topological polar surface area (TPSA) is 66.0 Å². The predicted molar refractivity (Wildman–Crippen MR) is 98.3 cm³/mol. The fourth-order valence-corrected chi connectivity index (χ4v) is 2.26. The maximum absolute atomic E-state index is 12.3. The third-order valence-corrected chi connectivity index (χ3v) is 3.59. The van der Waals surface area contributed by atoms with Gasteiger partial charge in [-0.05, 0) is 36.4 Å². The summed E-state index contributed by atoms with van der Waals surface area (Å²) in [5.74, 6) is 7.64. The lowest BCUT2D eigenvalue weighted by Gasteiger charge is -2.13. The van der Waals surface area contributed by atoms with Crippen LogP contribution in [0.5, 0.6) is 23.0 Å². The third-order valence-electron chi connectivity index (χ3n) is 3.59. The Morgan fingerprint density at radius 3 is 2.04 bits per heavy atom. The van der Waals surface area contributed by atoms with Gasteiger partial charge in [0.2, 0.25) is 5.75 Å². The summed E-state index contributed by atoms with van der Waals surface area (Å²) in [4.78, 5) is 12.3. The first-order valence-electron chi connectivity index (χ1n) is 7.84. The standard InChI is InChI=1S/C20H21NO5/c1-23-16-9-7-14(8-10-16)6-5-11-21-20(22)15-12-17(24-2)19(26-4)18(13-15)25-3/h7-10,12-13H,11H2,1-4H3,(H,21,22). The van der Waals surface area contributed by atoms with Gasteiger partial charge in [0.15, 0.2) is 11.5 Å². The van der Waals surface area contributed by atoms with Gasteiger partial charge in [0.1, 0.15) is 5.75 Å². The Hall–Kier alpha value is -3.33. The van der Waals surface area contributed by atoms with E-state index in [1.165, 1.54) is 21.3 Å². The van der Waals surface area contributed by atoms with Gasteiger partial charge < -0.3 is 24.3 Å². The van der Waals surface area contributed by atoms with E-state index in [1.54, 1.807) is 19.2 Å². The first-order valence-corrected chi connectivity index (χ1v) is 7.84. The zero-order valence-electron chi connectivity index (χ0n) is 15.2. The van der Waals surface area contributed by atoms with Crippen molar-refractivity contribution < 1.29 is 23.7 Å². The van der Waals surface area contributed by atoms with E-state index in [0.29, 0.717) is 22.8 Å². The Balaban J connectivity index is 2.05. The molecule has 2 aromatic carbocycles. The van der Waals surface area contributed by atoms with Crippen molar-refractivity contribution in [3.8, 4) is 34.8 Å². The lowest BCUT2D eigenvalue weighted by atomic mass is 10.1. The molecule has 0 radical (unpaired) electrons. The monoisotopic (exact) mass is 355 g/mol. The molecule has 2 rings (SSSR count). The summed E-state index contributed by atoms with van der Waals surface area (Å²) in [6.07, 6.45) is 0. The molecule has 136 valence electrons. The molecular weight excluding hydrogens is 334 g/mol. The number of methoxy groups -OCH3 is 4. The Kier molecular flexibility index (Phi) is 6.75. The maximum Gasteiger partial charge on any atom is 0.252 e. The van der Waals surface area contributed by atoms with E-state index >= 15 is 0 Å². The number of hydrogen-bond donors (Lipinski definition) is 1. The second kappa shape index (κ2) is 9.23. The number of amides is 1. The molecule has 0 aliphatic heterocycles. The minimum atomic E-state index is -0.284. The van der Waals surface area contributed by atoms with Crippen molar-refractivity contribution in [2.75, 3.05) is 35.0 Å². The zero-order valence-corrected chi connectivity index (χ0v) is 15.2. The average Bonchev–Trinajstić information content (AvgIpc) is 2.70. The van der Waals surface area contributed by atoms with E-state index in [9.17, 15) is 4.79 Å². The van der Waals surface area contributed by atoms with Crippen molar-refractivity contribution in [2.45, 2.75) is 0 Å². The Morgan fingerprint density at radius 1 is 0.923 bits per heavy atom. The van der Waals surface area contributed by atoms with Crippen molar-refractivity contribution in [3.05, 3.63) is 47.5 Å². The predicted octanol–water partition coefficient (Wildman–Crippen LogP) is 2.50. The highest BCUT2D eigenvalue weighted by Gasteiger charge is 2.16. The molecule has 0 atom stereocenters. The minimum Gasteiger partial charge on any atom is -0.497 e. The molecule has 0 heterocycles. The number of ether oxygens (including phenoxy) is 4. The summed E-state index contributed by atoms with van der Waals surface area (Å²) < 4.78 is 20.8. The summed E-state index contributed by atoms with van der Waals surface area (Å²) in [5.41, 5.74) is 1.23. The molecule has 0 spiro atoms. The largest absolute Gasteiger partial charge is 0.497 e. The molecule has 1 N–H and O–H groups in total. The molecular formula is C20H21NO5. The maximum atomic E-state index is 12.3. The fourth-order valence-electron chi connectivity index (χ4n) is 2.26. The molecule has 1 amide bonds. The normalized spacial score (nSPS) is 9.54. The van der Waals surface area contributed by atoms with E-state index in [-0.39, 0.29) is 12.5 Å². The zero-order chi connectivity index (χ0) is 18.9. The van der Waals surface area contributed by atoms with Crippen LogP contribution in [-0.2, 0) is 0 Å². The summed E-state index contributed by atoms with van der Waals surface area (Å²) in [6.45, 7) is 0.210. The van der Waals surface area contributed by atoms with Crippen LogP contribution in [0.1, 0.15) is 15.9 Å². The fraction of sp³-hybridized carbons (Fsp3) is 0.250. The van der Waals surface area contributed by atoms with Crippen LogP contribution >= 0.6 is 0 Å². The van der Waals surface area contributed by atoms with E-state index in [0.717, 1.165) is 11.3 Å². The second-order valence-corrected chi connectivity index (χ2v) is 5.13. The van der Waals surface area contributed by atoms with Crippen molar-refractivity contribution in [1.82, 2.24) is 5.32 Å². The van der Waals surface area contributed by atoms with Gasteiger partial charge in [-0.1, -0.05) is 11.8 Å². The summed E-state index contributed by atoms with van der Waals surface area (Å²) in [7, 11) is 6.12. The minimum absolute atomic E-state index is 0.210. The number of benzene rings is 2. The van der Waals surface area contributed by atoms with Crippen molar-refractivity contribution >= 4 is 5.91 Å². The van der Waals surface area contributed by atoms with Crippen LogP contribution in [0, 0.1) is 11.8 Å². The molecule has 2 aromatic rings. The smallest absolute Gasteiger partial charge is 0.252 e. The number of carbonyl (C=O) groups excluding carboxylic acids is 1. The molecule has 0 unspecified atom stereocenters. The molecule has 0 aliphatic rings. The van der Waals surface area contributed by atoms with E-state index in [2.05, 4.69) is 17.2 Å². The van der Waals surface area contributed by atoms with Crippen molar-refractivity contribution in [3.63, 3.8) is 0 Å². The first-order chi connectivity index (χ1) is 12.6. The number of hydrogen-bond acceptors (Lipinski definition) is 5. The van der Waals surface area contributed by atoms with Crippen LogP contribution in [0.3, 0.4) is 0 Å². The lowest BCUT2D eigenvalue weighted by molar-refractivity contribution is 0.0958. The number of rotatable bonds is 6. The van der Waals surface area contributed by atoms with Crippen LogP contribution in [-0.4, -0.2) is 40.9 Å². The lowest BCUT2D eigenvalue weighted by Crippen LogP contribution is -2.23. The van der Waals surface area contributed by atoms with Crippen molar-refractivity contribution in [2.24, 2.45) is 0 Å². The quantitative estimate of drug-likeness (QED) is 0.807. The number of nitrogens with one attached hydrogen (secondary N) is 1. The molecule has 26 heavy (non-hydrogen) atoms. The van der Waals surface area contributed by atoms with E-state index in [1.807, 2.05) is 24.3 Å². The van der Waals surface area contributed by atoms with Crippen LogP contribution in [0.25, 0.3) is 0 Å². The molecule has 0 aliphatic carbocycles. The van der Waals surface area contributed by atoms with E-state index in [4.69, 9.17) is 18.9 Å². The van der Waals surface area contributed by atoms with Gasteiger partial charge in [-0.25, -0.2) is 0 Å². The molecule has 0 saturated heterocycles. The van der Waals surface area contributed by atoms with Gasteiger partial charge in [0, 0.05) is 11.1 Å². The molecule has 6 heteroatoms. The Bertz CT molecular complexity index is 793. The third kappa shape index (κ3) is 4.61. The van der Waals surface area contributed by atoms with Gasteiger partial charge in [0.25, 0.3) is 5.91 Å². The second-order valence-electron chi connectivity index (χ2n) is 5.13. The van der Waals surface area contributed by atoms with Gasteiger partial charge in [0.05, 0.1) is 35.0 Å². The highest BCUT2D eigenvalue weighted by Crippen LogP contribution is 2.38. The van der Waals surface area contributed by atoms with Crippen LogP contribution in [0.2, 0.25) is 0 Å². The first kappa shape index (κ1) is 19.0. The highest BCUT2D eigenvalue weighted by molar-refractivity contribution is 5.95. The van der Waals surface area contributed by atoms with Gasteiger partial charge in [-0.2, -0.15) is 0 Å². The van der Waals surface area contributed by atoms with Gasteiger partial charge >= 0.3 is 0 Å². The molecule has 0 aromatic heterocycles. The summed E-state index contributed by atoms with van der Waals surface area (Å²) >= 11 is 0. The Morgan fingerprint density at radius 2 is 1.54 bits per heavy atom. The molecule has 0 saturated carbocycles.